The van der Waals surface area contributed by atoms with Crippen molar-refractivity contribution in [2.24, 2.45) is 0 Å². The largest absolute Gasteiger partial charge is 0.483 e. The van der Waals surface area contributed by atoms with Crippen molar-refractivity contribution in [1.82, 2.24) is 15.8 Å². The Bertz CT molecular complexity index is 1050. The number of rotatable bonds is 7. The van der Waals surface area contributed by atoms with E-state index in [0.29, 0.717) is 24.3 Å². The van der Waals surface area contributed by atoms with Gasteiger partial charge in [-0.15, -0.1) is 0 Å². The van der Waals surface area contributed by atoms with Gasteiger partial charge in [0, 0.05) is 12.0 Å². The highest BCUT2D eigenvalue weighted by Gasteiger charge is 2.48. The summed E-state index contributed by atoms with van der Waals surface area (Å²) in [4.78, 5) is 37.7. The van der Waals surface area contributed by atoms with E-state index in [4.69, 9.17) is 9.47 Å². The number of imide groups is 1. The minimum absolute atomic E-state index is 0.339. The van der Waals surface area contributed by atoms with Gasteiger partial charge in [-0.05, 0) is 45.2 Å². The van der Waals surface area contributed by atoms with Crippen molar-refractivity contribution in [1.29, 1.82) is 0 Å². The topological polar surface area (TPSA) is 97.0 Å². The molecule has 4 rings (SSSR count). The van der Waals surface area contributed by atoms with Crippen LogP contribution in [-0.2, 0) is 22.4 Å². The number of nitrogens with zero attached hydrogens (tertiary/aromatic N) is 1. The molecular weight excluding hydrogens is 410 g/mol. The molecule has 1 atom stereocenters. The number of nitrogens with one attached hydrogen (secondary N) is 2. The molecule has 1 fully saturated rings. The van der Waals surface area contributed by atoms with Gasteiger partial charge in [0.05, 0.1) is 0 Å². The number of para-hydroxylation sites is 1. The number of carbonyl (C=O) groups excluding carboxylic acids is 3. The molecule has 2 heterocycles. The van der Waals surface area contributed by atoms with Gasteiger partial charge >= 0.3 is 6.03 Å². The Hall–Kier alpha value is -3.55. The van der Waals surface area contributed by atoms with Crippen LogP contribution >= 0.6 is 0 Å². The van der Waals surface area contributed by atoms with Gasteiger partial charge in [-0.3, -0.25) is 15.0 Å². The maximum atomic E-state index is 12.9. The lowest BCUT2D eigenvalue weighted by Gasteiger charge is -2.21. The summed E-state index contributed by atoms with van der Waals surface area (Å²) in [6.45, 7) is 5.26. The zero-order valence-electron chi connectivity index (χ0n) is 18.4. The summed E-state index contributed by atoms with van der Waals surface area (Å²) in [5.41, 5.74) is 2.99. The Kier molecular flexibility index (Phi) is 5.54. The first-order valence-corrected chi connectivity index (χ1v) is 10.6. The summed E-state index contributed by atoms with van der Waals surface area (Å²) in [6, 6.07) is 14.6. The molecule has 2 aliphatic rings. The lowest BCUT2D eigenvalue weighted by molar-refractivity contribution is -0.139. The summed E-state index contributed by atoms with van der Waals surface area (Å²) < 4.78 is 11.6. The molecule has 2 aromatic carbocycles. The van der Waals surface area contributed by atoms with Gasteiger partial charge in [0.2, 0.25) is 0 Å². The second-order valence-corrected chi connectivity index (χ2v) is 9.00. The molecule has 2 N–H and O–H groups in total. The minimum atomic E-state index is -1.10. The molecule has 1 saturated heterocycles. The van der Waals surface area contributed by atoms with E-state index in [1.165, 1.54) is 0 Å². The summed E-state index contributed by atoms with van der Waals surface area (Å²) in [5.74, 6) is -0.0463. The summed E-state index contributed by atoms with van der Waals surface area (Å²) >= 11 is 0. The monoisotopic (exact) mass is 437 g/mol. The molecule has 4 amide bonds. The first-order valence-electron chi connectivity index (χ1n) is 10.6. The van der Waals surface area contributed by atoms with Crippen LogP contribution in [0.5, 0.6) is 11.5 Å². The molecule has 8 nitrogen and oxygen atoms in total. The van der Waals surface area contributed by atoms with Gasteiger partial charge in [0.25, 0.3) is 11.8 Å². The molecule has 0 spiro atoms. The molecule has 168 valence electrons. The van der Waals surface area contributed by atoms with Gasteiger partial charge < -0.3 is 14.8 Å². The maximum absolute atomic E-state index is 12.9. The smallest absolute Gasteiger partial charge is 0.344 e. The normalized spacial score (nSPS) is 21.0. The third-order valence-electron chi connectivity index (χ3n) is 5.67. The van der Waals surface area contributed by atoms with E-state index in [0.717, 1.165) is 22.6 Å². The van der Waals surface area contributed by atoms with Crippen molar-refractivity contribution in [3.63, 3.8) is 0 Å². The van der Waals surface area contributed by atoms with E-state index in [1.807, 2.05) is 56.3 Å². The minimum Gasteiger partial charge on any atom is -0.483 e. The highest BCUT2D eigenvalue weighted by atomic mass is 16.5. The fourth-order valence-electron chi connectivity index (χ4n) is 4.00. The first kappa shape index (κ1) is 21.7. The molecule has 0 saturated carbocycles. The van der Waals surface area contributed by atoms with Crippen molar-refractivity contribution in [2.75, 3.05) is 6.61 Å². The summed E-state index contributed by atoms with van der Waals surface area (Å²) in [5, 5.41) is 3.41. The predicted molar refractivity (Wildman–Crippen MR) is 117 cm³/mol. The van der Waals surface area contributed by atoms with Crippen molar-refractivity contribution in [3.8, 4) is 11.5 Å². The van der Waals surface area contributed by atoms with Crippen LogP contribution < -0.4 is 20.2 Å². The first-order chi connectivity index (χ1) is 15.2. The van der Waals surface area contributed by atoms with Crippen LogP contribution in [0.2, 0.25) is 0 Å². The van der Waals surface area contributed by atoms with Crippen LogP contribution in [0.1, 0.15) is 38.3 Å². The van der Waals surface area contributed by atoms with Gasteiger partial charge in [-0.1, -0.05) is 42.5 Å². The Morgan fingerprint density at radius 3 is 2.62 bits per heavy atom. The lowest BCUT2D eigenvalue weighted by atomic mass is 9.93. The van der Waals surface area contributed by atoms with Crippen LogP contribution in [0, 0.1) is 0 Å². The number of fused-ring (bicyclic) bond motifs is 1. The van der Waals surface area contributed by atoms with Crippen LogP contribution in [0.4, 0.5) is 4.79 Å². The fourth-order valence-corrected chi connectivity index (χ4v) is 4.00. The van der Waals surface area contributed by atoms with Crippen LogP contribution in [-0.4, -0.2) is 40.6 Å². The molecule has 32 heavy (non-hydrogen) atoms. The fraction of sp³-hybridized carbons (Fsp3) is 0.375. The zero-order chi connectivity index (χ0) is 22.9. The van der Waals surface area contributed by atoms with E-state index in [9.17, 15) is 14.4 Å². The average molecular weight is 437 g/mol. The molecule has 0 aliphatic carbocycles. The molecule has 1 unspecified atom stereocenters. The molecule has 2 aliphatic heterocycles. The van der Waals surface area contributed by atoms with E-state index in [-0.39, 0.29) is 12.2 Å². The number of hydrogen-bond acceptors (Lipinski definition) is 5. The zero-order valence-corrected chi connectivity index (χ0v) is 18.4. The van der Waals surface area contributed by atoms with Crippen molar-refractivity contribution >= 4 is 17.8 Å². The number of benzene rings is 2. The second-order valence-electron chi connectivity index (χ2n) is 9.00. The van der Waals surface area contributed by atoms with Crippen molar-refractivity contribution in [3.05, 3.63) is 59.7 Å². The maximum Gasteiger partial charge on any atom is 0.344 e. The molecule has 2 aromatic rings. The van der Waals surface area contributed by atoms with Crippen molar-refractivity contribution in [2.45, 2.75) is 51.2 Å². The Morgan fingerprint density at radius 1 is 1.12 bits per heavy atom. The van der Waals surface area contributed by atoms with E-state index in [1.54, 1.807) is 13.0 Å². The van der Waals surface area contributed by atoms with Gasteiger partial charge in [-0.25, -0.2) is 4.79 Å². The standard InChI is InChI=1S/C24H27N3O5/c1-23(2)14-17-10-7-11-18(20(17)32-23)31-15-19(28)26-27-21(29)24(3,25-22(27)30)13-12-16-8-5-4-6-9-16/h4-11H,12-15H2,1-3H3,(H,25,30)(H,26,28). The summed E-state index contributed by atoms with van der Waals surface area (Å²) in [7, 11) is 0. The third kappa shape index (κ3) is 4.39. The van der Waals surface area contributed by atoms with Gasteiger partial charge in [0.15, 0.2) is 18.1 Å². The van der Waals surface area contributed by atoms with Gasteiger partial charge in [-0.2, -0.15) is 5.01 Å². The quantitative estimate of drug-likeness (QED) is 0.650. The van der Waals surface area contributed by atoms with Crippen LogP contribution in [0.15, 0.2) is 48.5 Å². The number of ether oxygens (including phenoxy) is 2. The predicted octanol–water partition coefficient (Wildman–Crippen LogP) is 2.75. The van der Waals surface area contributed by atoms with Crippen LogP contribution in [0.25, 0.3) is 0 Å². The molecule has 0 aromatic heterocycles. The molecular formula is C24H27N3O5. The number of carbonyl (C=O) groups is 3. The molecule has 0 bridgehead atoms. The number of amides is 4. The Labute approximate surface area is 186 Å². The average Bonchev–Trinajstić information content (AvgIpc) is 3.18. The van der Waals surface area contributed by atoms with E-state index < -0.39 is 23.4 Å². The highest BCUT2D eigenvalue weighted by molar-refractivity contribution is 6.07. The number of hydrazine groups is 1. The van der Waals surface area contributed by atoms with E-state index >= 15 is 0 Å². The second kappa shape index (κ2) is 8.18. The van der Waals surface area contributed by atoms with E-state index in [2.05, 4.69) is 10.7 Å². The summed E-state index contributed by atoms with van der Waals surface area (Å²) in [6.07, 6.45) is 1.77. The number of aryl methyl sites for hydroxylation is 1. The molecule has 0 radical (unpaired) electrons. The highest BCUT2D eigenvalue weighted by Crippen LogP contribution is 2.41. The third-order valence-corrected chi connectivity index (χ3v) is 5.67. The SMILES string of the molecule is CC1(C)Cc2cccc(OCC(=O)NN3C(=O)NC(C)(CCc4ccccc4)C3=O)c2O1. The molecule has 8 heteroatoms. The van der Waals surface area contributed by atoms with Crippen LogP contribution in [0.3, 0.4) is 0 Å². The van der Waals surface area contributed by atoms with Gasteiger partial charge in [0.1, 0.15) is 11.1 Å². The Balaban J connectivity index is 1.34. The van der Waals surface area contributed by atoms with Crippen molar-refractivity contribution < 1.29 is 23.9 Å². The number of urea groups is 1. The number of hydrogen-bond donors (Lipinski definition) is 2. The lowest BCUT2D eigenvalue weighted by Crippen LogP contribution is -2.50. The Morgan fingerprint density at radius 2 is 1.88 bits per heavy atom.